The predicted molar refractivity (Wildman–Crippen MR) is 110 cm³/mol. The summed E-state index contributed by atoms with van der Waals surface area (Å²) in [5.74, 6) is -0.485. The molecular formula is C22H16N2O3S. The van der Waals surface area contributed by atoms with Gasteiger partial charge in [-0.2, -0.15) is 0 Å². The van der Waals surface area contributed by atoms with Crippen LogP contribution in [0, 0.1) is 0 Å². The van der Waals surface area contributed by atoms with Crippen molar-refractivity contribution in [3.8, 4) is 0 Å². The Bertz CT molecular complexity index is 1040. The van der Waals surface area contributed by atoms with Gasteiger partial charge in [0.1, 0.15) is 11.3 Å². The molecule has 0 N–H and O–H groups in total. The Balaban J connectivity index is 1.78. The molecule has 2 amide bonds. The number of carbonyl (C=O) groups excluding carboxylic acids is 2. The monoisotopic (exact) mass is 388 g/mol. The molecule has 0 radical (unpaired) electrons. The summed E-state index contributed by atoms with van der Waals surface area (Å²) < 4.78 is 5.30. The van der Waals surface area contributed by atoms with Crippen LogP contribution in [0.2, 0.25) is 0 Å². The minimum Gasteiger partial charge on any atom is -0.465 e. The molecule has 3 aromatic rings. The second-order valence-corrected chi connectivity index (χ2v) is 6.57. The number of amides is 2. The van der Waals surface area contributed by atoms with Gasteiger partial charge in [0.05, 0.1) is 18.5 Å². The van der Waals surface area contributed by atoms with Crippen molar-refractivity contribution in [3.63, 3.8) is 0 Å². The summed E-state index contributed by atoms with van der Waals surface area (Å²) in [5, 5.41) is 0.154. The second-order valence-electron chi connectivity index (χ2n) is 6.21. The lowest BCUT2D eigenvalue weighted by atomic mass is 10.1. The van der Waals surface area contributed by atoms with E-state index in [9.17, 15) is 9.59 Å². The van der Waals surface area contributed by atoms with Gasteiger partial charge in [0.15, 0.2) is 5.11 Å². The van der Waals surface area contributed by atoms with Gasteiger partial charge in [-0.3, -0.25) is 19.4 Å². The molecule has 4 rings (SSSR count). The second kappa shape index (κ2) is 7.62. The first-order valence-corrected chi connectivity index (χ1v) is 9.10. The zero-order chi connectivity index (χ0) is 19.5. The predicted octanol–water partition coefficient (Wildman–Crippen LogP) is 4.02. The summed E-state index contributed by atoms with van der Waals surface area (Å²) in [7, 11) is 0. The van der Waals surface area contributed by atoms with Crippen molar-refractivity contribution in [2.24, 2.45) is 0 Å². The molecule has 138 valence electrons. The average molecular weight is 388 g/mol. The Morgan fingerprint density at radius 1 is 0.857 bits per heavy atom. The largest absolute Gasteiger partial charge is 0.465 e. The van der Waals surface area contributed by atoms with E-state index >= 15 is 0 Å². The van der Waals surface area contributed by atoms with E-state index in [4.69, 9.17) is 16.6 Å². The number of hydrogen-bond acceptors (Lipinski definition) is 4. The van der Waals surface area contributed by atoms with Crippen molar-refractivity contribution in [3.05, 3.63) is 96.0 Å². The summed E-state index contributed by atoms with van der Waals surface area (Å²) in [6.07, 6.45) is 2.95. The minimum absolute atomic E-state index is 0.00309. The fourth-order valence-corrected chi connectivity index (χ4v) is 3.34. The molecule has 1 aromatic heterocycles. The fraction of sp³-hybridized carbons (Fsp3) is 0.0455. The smallest absolute Gasteiger partial charge is 0.270 e. The summed E-state index contributed by atoms with van der Waals surface area (Å²) in [4.78, 5) is 29.1. The fourth-order valence-electron chi connectivity index (χ4n) is 3.00. The number of anilines is 1. The quantitative estimate of drug-likeness (QED) is 0.385. The van der Waals surface area contributed by atoms with E-state index < -0.39 is 11.8 Å². The normalized spacial score (nSPS) is 16.1. The van der Waals surface area contributed by atoms with Crippen LogP contribution in [-0.2, 0) is 16.1 Å². The molecule has 0 atom stereocenters. The van der Waals surface area contributed by atoms with Crippen molar-refractivity contribution < 1.29 is 14.0 Å². The van der Waals surface area contributed by atoms with Crippen molar-refractivity contribution in [1.82, 2.24) is 4.90 Å². The maximum Gasteiger partial charge on any atom is 0.270 e. The van der Waals surface area contributed by atoms with Crippen LogP contribution in [0.15, 0.2) is 89.0 Å². The number of benzene rings is 2. The average Bonchev–Trinajstić information content (AvgIpc) is 3.24. The maximum absolute atomic E-state index is 13.2. The van der Waals surface area contributed by atoms with E-state index in [-0.39, 0.29) is 17.2 Å². The lowest BCUT2D eigenvalue weighted by molar-refractivity contribution is -0.128. The van der Waals surface area contributed by atoms with Crippen LogP contribution in [-0.4, -0.2) is 21.8 Å². The van der Waals surface area contributed by atoms with Gasteiger partial charge < -0.3 is 4.42 Å². The van der Waals surface area contributed by atoms with Crippen LogP contribution in [0.1, 0.15) is 11.3 Å². The van der Waals surface area contributed by atoms with Crippen LogP contribution in [0.3, 0.4) is 0 Å². The first-order chi connectivity index (χ1) is 13.6. The molecule has 0 unspecified atom stereocenters. The lowest BCUT2D eigenvalue weighted by Crippen LogP contribution is -2.56. The molecule has 1 aliphatic rings. The molecule has 0 aliphatic carbocycles. The van der Waals surface area contributed by atoms with Crippen LogP contribution >= 0.6 is 12.2 Å². The highest BCUT2D eigenvalue weighted by atomic mass is 32.1. The van der Waals surface area contributed by atoms with E-state index in [1.54, 1.807) is 24.3 Å². The summed E-state index contributed by atoms with van der Waals surface area (Å²) in [6.45, 7) is 0.268. The number of carbonyl (C=O) groups is 2. The number of rotatable bonds is 4. The molecule has 0 bridgehead atoms. The number of para-hydroxylation sites is 1. The molecule has 1 aliphatic heterocycles. The third-order valence-electron chi connectivity index (χ3n) is 4.36. The summed E-state index contributed by atoms with van der Waals surface area (Å²) in [6, 6.07) is 22.0. The number of furan rings is 1. The SMILES string of the molecule is O=C1/C(=C/c2ccco2)C(=O)N(c2ccccc2)C(=S)N1Cc1ccccc1. The van der Waals surface area contributed by atoms with Crippen LogP contribution in [0.5, 0.6) is 0 Å². The molecule has 1 saturated heterocycles. The molecule has 0 saturated carbocycles. The Morgan fingerprint density at radius 3 is 2.18 bits per heavy atom. The van der Waals surface area contributed by atoms with E-state index in [0.717, 1.165) is 5.56 Å². The van der Waals surface area contributed by atoms with Gasteiger partial charge in [-0.15, -0.1) is 0 Å². The topological polar surface area (TPSA) is 53.8 Å². The molecule has 1 fully saturated rings. The first-order valence-electron chi connectivity index (χ1n) is 8.69. The third kappa shape index (κ3) is 3.37. The highest BCUT2D eigenvalue weighted by Crippen LogP contribution is 2.27. The zero-order valence-corrected chi connectivity index (χ0v) is 15.6. The number of thiocarbonyl (C=S) groups is 1. The van der Waals surface area contributed by atoms with Gasteiger partial charge in [0, 0.05) is 0 Å². The van der Waals surface area contributed by atoms with Crippen molar-refractivity contribution in [1.29, 1.82) is 0 Å². The highest BCUT2D eigenvalue weighted by molar-refractivity contribution is 7.80. The van der Waals surface area contributed by atoms with Crippen molar-refractivity contribution in [2.75, 3.05) is 4.90 Å². The molecule has 5 nitrogen and oxygen atoms in total. The Kier molecular flexibility index (Phi) is 4.87. The molecule has 2 heterocycles. The van der Waals surface area contributed by atoms with Crippen molar-refractivity contribution in [2.45, 2.75) is 6.54 Å². The third-order valence-corrected chi connectivity index (χ3v) is 4.76. The van der Waals surface area contributed by atoms with E-state index in [2.05, 4.69) is 0 Å². The van der Waals surface area contributed by atoms with Gasteiger partial charge in [-0.05, 0) is 48.1 Å². The Hall–Kier alpha value is -3.51. The first kappa shape index (κ1) is 17.9. The van der Waals surface area contributed by atoms with Crippen LogP contribution < -0.4 is 4.90 Å². The van der Waals surface area contributed by atoms with Crippen molar-refractivity contribution >= 4 is 40.9 Å². The summed E-state index contributed by atoms with van der Waals surface area (Å²) in [5.41, 5.74) is 1.52. The maximum atomic E-state index is 13.2. The summed E-state index contributed by atoms with van der Waals surface area (Å²) >= 11 is 5.54. The molecule has 6 heteroatoms. The van der Waals surface area contributed by atoms with E-state index in [0.29, 0.717) is 11.4 Å². The standard InChI is InChI=1S/C22H16N2O3S/c25-20-19(14-18-12-7-13-27-18)21(26)24(17-10-5-2-6-11-17)22(28)23(20)15-16-8-3-1-4-9-16/h1-14H,15H2/b19-14-. The van der Waals surface area contributed by atoms with Gasteiger partial charge in [0.25, 0.3) is 11.8 Å². The van der Waals surface area contributed by atoms with Crippen LogP contribution in [0.25, 0.3) is 6.08 Å². The lowest BCUT2D eigenvalue weighted by Gasteiger charge is -2.36. The zero-order valence-electron chi connectivity index (χ0n) is 14.8. The minimum atomic E-state index is -0.470. The Labute approximate surface area is 167 Å². The number of hydrogen-bond donors (Lipinski definition) is 0. The van der Waals surface area contributed by atoms with Crippen LogP contribution in [0.4, 0.5) is 5.69 Å². The highest BCUT2D eigenvalue weighted by Gasteiger charge is 2.40. The van der Waals surface area contributed by atoms with Gasteiger partial charge in [0.2, 0.25) is 0 Å². The Morgan fingerprint density at radius 2 is 1.54 bits per heavy atom. The van der Waals surface area contributed by atoms with E-state index in [1.165, 1.54) is 22.1 Å². The number of nitrogens with zero attached hydrogens (tertiary/aromatic N) is 2. The molecule has 0 spiro atoms. The van der Waals surface area contributed by atoms with Gasteiger partial charge >= 0.3 is 0 Å². The molecule has 2 aromatic carbocycles. The van der Waals surface area contributed by atoms with E-state index in [1.807, 2.05) is 48.5 Å². The molecule has 28 heavy (non-hydrogen) atoms. The van der Waals surface area contributed by atoms with Gasteiger partial charge in [-0.25, -0.2) is 0 Å². The van der Waals surface area contributed by atoms with Gasteiger partial charge in [-0.1, -0.05) is 48.5 Å². The molecular weight excluding hydrogens is 372 g/mol.